The van der Waals surface area contributed by atoms with Gasteiger partial charge in [-0.05, 0) is 31.9 Å². The molecule has 0 aliphatic rings. The lowest BCUT2D eigenvalue weighted by Gasteiger charge is -2.18. The lowest BCUT2D eigenvalue weighted by molar-refractivity contribution is -0.137. The number of carboxylic acid groups (broad SMARTS) is 1. The van der Waals surface area contributed by atoms with Crippen LogP contribution < -0.4 is 5.32 Å². The molecule has 0 heterocycles. The number of hydrogen-bond acceptors (Lipinski definition) is 4. The molecule has 2 atom stereocenters. The molecule has 5 nitrogen and oxygen atoms in total. The molecule has 1 aromatic carbocycles. The van der Waals surface area contributed by atoms with Crippen LogP contribution in [0.25, 0.3) is 0 Å². The van der Waals surface area contributed by atoms with Gasteiger partial charge in [0.2, 0.25) is 0 Å². The summed E-state index contributed by atoms with van der Waals surface area (Å²) >= 11 is 0. The number of carboxylic acids is 1. The zero-order chi connectivity index (χ0) is 15.0. The highest BCUT2D eigenvalue weighted by Gasteiger charge is 2.24. The Morgan fingerprint density at radius 3 is 2.45 bits per heavy atom. The minimum Gasteiger partial charge on any atom is -0.481 e. The van der Waals surface area contributed by atoms with Crippen LogP contribution >= 0.6 is 0 Å². The van der Waals surface area contributed by atoms with E-state index in [4.69, 9.17) is 5.11 Å². The number of carbonyl (C=O) groups excluding carboxylic acids is 1. The van der Waals surface area contributed by atoms with Gasteiger partial charge in [0.1, 0.15) is 6.10 Å². The monoisotopic (exact) mass is 279 g/mol. The second kappa shape index (κ2) is 8.45. The van der Waals surface area contributed by atoms with Crippen molar-refractivity contribution in [2.45, 2.75) is 37.8 Å². The molecule has 5 heteroatoms. The van der Waals surface area contributed by atoms with Crippen LogP contribution in [-0.4, -0.2) is 41.2 Å². The van der Waals surface area contributed by atoms with E-state index in [1.165, 1.54) is 0 Å². The second-order valence-corrected chi connectivity index (χ2v) is 4.74. The van der Waals surface area contributed by atoms with Crippen LogP contribution in [0.3, 0.4) is 0 Å². The Labute approximate surface area is 118 Å². The SMILES string of the molecule is CN[C@H](Cc1ccccc1)C(=O)C(O)CCCC(=O)O. The minimum atomic E-state index is -1.12. The van der Waals surface area contributed by atoms with Gasteiger partial charge in [0.05, 0.1) is 6.04 Å². The molecule has 0 fully saturated rings. The second-order valence-electron chi connectivity index (χ2n) is 4.74. The minimum absolute atomic E-state index is 0.0345. The zero-order valence-electron chi connectivity index (χ0n) is 11.6. The number of likely N-dealkylation sites (N-methyl/N-ethyl adjacent to an activating group) is 1. The summed E-state index contributed by atoms with van der Waals surface area (Å²) in [7, 11) is 1.68. The molecule has 0 spiro atoms. The Hall–Kier alpha value is -1.72. The van der Waals surface area contributed by atoms with Crippen molar-refractivity contribution in [3.63, 3.8) is 0 Å². The van der Waals surface area contributed by atoms with E-state index in [9.17, 15) is 14.7 Å². The summed E-state index contributed by atoms with van der Waals surface area (Å²) in [4.78, 5) is 22.5. The molecule has 0 amide bonds. The van der Waals surface area contributed by atoms with Gasteiger partial charge in [-0.2, -0.15) is 0 Å². The molecule has 1 rings (SSSR count). The van der Waals surface area contributed by atoms with Crippen molar-refractivity contribution in [3.8, 4) is 0 Å². The number of rotatable bonds is 9. The summed E-state index contributed by atoms with van der Waals surface area (Å²) in [5, 5.41) is 21.3. The van der Waals surface area contributed by atoms with E-state index in [1.807, 2.05) is 30.3 Å². The number of hydrogen-bond donors (Lipinski definition) is 3. The standard InChI is InChI=1S/C15H21NO4/c1-16-12(10-11-6-3-2-4-7-11)15(20)13(17)8-5-9-14(18)19/h2-4,6-7,12-13,16-17H,5,8-10H2,1H3,(H,18,19)/t12-,13?/m1/s1. The number of aliphatic carboxylic acids is 1. The van der Waals surface area contributed by atoms with Crippen LogP contribution in [0.4, 0.5) is 0 Å². The number of aliphatic hydroxyl groups excluding tert-OH is 1. The van der Waals surface area contributed by atoms with Crippen LogP contribution in [0.15, 0.2) is 30.3 Å². The van der Waals surface area contributed by atoms with Crippen molar-refractivity contribution < 1.29 is 19.8 Å². The van der Waals surface area contributed by atoms with Gasteiger partial charge in [-0.3, -0.25) is 9.59 Å². The predicted octanol–water partition coefficient (Wildman–Crippen LogP) is 1.00. The fourth-order valence-corrected chi connectivity index (χ4v) is 2.02. The molecule has 0 bridgehead atoms. The Morgan fingerprint density at radius 2 is 1.90 bits per heavy atom. The molecule has 0 saturated carbocycles. The number of ketones is 1. The third kappa shape index (κ3) is 5.50. The average molecular weight is 279 g/mol. The third-order valence-corrected chi connectivity index (χ3v) is 3.17. The maximum atomic E-state index is 12.1. The summed E-state index contributed by atoms with van der Waals surface area (Å²) in [6.45, 7) is 0. The van der Waals surface area contributed by atoms with E-state index in [0.29, 0.717) is 12.8 Å². The topological polar surface area (TPSA) is 86.6 Å². The van der Waals surface area contributed by atoms with Gasteiger partial charge in [-0.15, -0.1) is 0 Å². The van der Waals surface area contributed by atoms with E-state index in [2.05, 4.69) is 5.32 Å². The van der Waals surface area contributed by atoms with E-state index in [0.717, 1.165) is 5.56 Å². The Bertz CT molecular complexity index is 433. The van der Waals surface area contributed by atoms with Crippen molar-refractivity contribution in [3.05, 3.63) is 35.9 Å². The quantitative estimate of drug-likeness (QED) is 0.628. The number of nitrogens with one attached hydrogen (secondary N) is 1. The molecular formula is C15H21NO4. The highest BCUT2D eigenvalue weighted by molar-refractivity contribution is 5.88. The number of carbonyl (C=O) groups is 2. The average Bonchev–Trinajstić information content (AvgIpc) is 2.44. The Balaban J connectivity index is 2.51. The zero-order valence-corrected chi connectivity index (χ0v) is 11.6. The highest BCUT2D eigenvalue weighted by atomic mass is 16.4. The predicted molar refractivity (Wildman–Crippen MR) is 75.5 cm³/mol. The van der Waals surface area contributed by atoms with Crippen molar-refractivity contribution >= 4 is 11.8 Å². The van der Waals surface area contributed by atoms with Gasteiger partial charge in [-0.25, -0.2) is 0 Å². The normalized spacial score (nSPS) is 13.7. The molecule has 0 aliphatic carbocycles. The first-order valence-electron chi connectivity index (χ1n) is 6.69. The van der Waals surface area contributed by atoms with Crippen LogP contribution in [0.5, 0.6) is 0 Å². The van der Waals surface area contributed by atoms with Crippen molar-refractivity contribution in [2.75, 3.05) is 7.05 Å². The largest absolute Gasteiger partial charge is 0.481 e. The fourth-order valence-electron chi connectivity index (χ4n) is 2.02. The Morgan fingerprint density at radius 1 is 1.25 bits per heavy atom. The lowest BCUT2D eigenvalue weighted by atomic mass is 9.97. The van der Waals surface area contributed by atoms with Crippen LogP contribution in [0.2, 0.25) is 0 Å². The lowest BCUT2D eigenvalue weighted by Crippen LogP contribution is -2.42. The summed E-state index contributed by atoms with van der Waals surface area (Å²) < 4.78 is 0. The maximum absolute atomic E-state index is 12.1. The van der Waals surface area contributed by atoms with Crippen LogP contribution in [-0.2, 0) is 16.0 Å². The van der Waals surface area contributed by atoms with Gasteiger partial charge in [0.15, 0.2) is 5.78 Å². The molecule has 0 aliphatic heterocycles. The molecule has 1 unspecified atom stereocenters. The molecule has 1 aromatic rings. The van der Waals surface area contributed by atoms with E-state index >= 15 is 0 Å². The number of Topliss-reactive ketones (excluding diaryl/α,β-unsaturated/α-hetero) is 1. The van der Waals surface area contributed by atoms with Gasteiger partial charge in [0.25, 0.3) is 0 Å². The van der Waals surface area contributed by atoms with Gasteiger partial charge in [0, 0.05) is 6.42 Å². The van der Waals surface area contributed by atoms with E-state index < -0.39 is 18.1 Å². The molecule has 110 valence electrons. The number of benzene rings is 1. The molecule has 3 N–H and O–H groups in total. The first-order valence-corrected chi connectivity index (χ1v) is 6.69. The van der Waals surface area contributed by atoms with Crippen molar-refractivity contribution in [1.29, 1.82) is 0 Å². The molecule has 0 radical (unpaired) electrons. The summed E-state index contributed by atoms with van der Waals surface area (Å²) in [5.74, 6) is -1.21. The molecule has 0 aromatic heterocycles. The van der Waals surface area contributed by atoms with Crippen LogP contribution in [0, 0.1) is 0 Å². The van der Waals surface area contributed by atoms with Crippen molar-refractivity contribution in [1.82, 2.24) is 5.32 Å². The van der Waals surface area contributed by atoms with Crippen LogP contribution in [0.1, 0.15) is 24.8 Å². The molecule has 20 heavy (non-hydrogen) atoms. The Kier molecular flexibility index (Phi) is 6.90. The first-order chi connectivity index (χ1) is 9.54. The van der Waals surface area contributed by atoms with Crippen molar-refractivity contribution in [2.24, 2.45) is 0 Å². The van der Waals surface area contributed by atoms with Gasteiger partial charge < -0.3 is 15.5 Å². The third-order valence-electron chi connectivity index (χ3n) is 3.17. The summed E-state index contributed by atoms with van der Waals surface area (Å²) in [5.41, 5.74) is 1.01. The van der Waals surface area contributed by atoms with Gasteiger partial charge in [-0.1, -0.05) is 30.3 Å². The smallest absolute Gasteiger partial charge is 0.303 e. The summed E-state index contributed by atoms with van der Waals surface area (Å²) in [6.07, 6.45) is -0.169. The highest BCUT2D eigenvalue weighted by Crippen LogP contribution is 2.09. The molecule has 0 saturated heterocycles. The molecular weight excluding hydrogens is 258 g/mol. The number of aliphatic hydroxyl groups is 1. The van der Waals surface area contributed by atoms with E-state index in [-0.39, 0.29) is 18.6 Å². The first kappa shape index (κ1) is 16.3. The maximum Gasteiger partial charge on any atom is 0.303 e. The fraction of sp³-hybridized carbons (Fsp3) is 0.467. The van der Waals surface area contributed by atoms with Gasteiger partial charge >= 0.3 is 5.97 Å². The summed E-state index contributed by atoms with van der Waals surface area (Å²) in [6, 6.07) is 9.09. The van der Waals surface area contributed by atoms with E-state index in [1.54, 1.807) is 7.05 Å².